The molecule has 0 aliphatic rings. The molecule has 0 atom stereocenters. The van der Waals surface area contributed by atoms with E-state index in [1.807, 2.05) is 26.0 Å². The Morgan fingerprint density at radius 2 is 1.89 bits per heavy atom. The average Bonchev–Trinajstić information content (AvgIpc) is 2.31. The van der Waals surface area contributed by atoms with Crippen LogP contribution in [0.1, 0.15) is 16.8 Å². The van der Waals surface area contributed by atoms with Crippen LogP contribution in [0.3, 0.4) is 0 Å². The minimum Gasteiger partial charge on any atom is -0.258 e. The van der Waals surface area contributed by atoms with E-state index < -0.39 is 4.92 Å². The lowest BCUT2D eigenvalue weighted by Crippen LogP contribution is -2.02. The van der Waals surface area contributed by atoms with Crippen LogP contribution in [0, 0.1) is 30.9 Å². The van der Waals surface area contributed by atoms with Gasteiger partial charge in [0.05, 0.1) is 4.92 Å². The number of nitrogens with zero attached hydrogens (tertiary/aromatic N) is 3. The summed E-state index contributed by atoms with van der Waals surface area (Å²) in [6, 6.07) is 5.58. The molecule has 0 radical (unpaired) electrons. The molecule has 0 aliphatic heterocycles. The van der Waals surface area contributed by atoms with Crippen molar-refractivity contribution in [3.05, 3.63) is 50.4 Å². The first kappa shape index (κ1) is 13.4. The highest BCUT2D eigenvalue weighted by atomic mass is 35.5. The van der Waals surface area contributed by atoms with Gasteiger partial charge in [-0.25, -0.2) is 9.97 Å². The monoisotopic (exact) mass is 277 g/mol. The van der Waals surface area contributed by atoms with Crippen molar-refractivity contribution in [3.8, 4) is 11.3 Å². The largest absolute Gasteiger partial charge is 0.316 e. The smallest absolute Gasteiger partial charge is 0.258 e. The second-order valence-electron chi connectivity index (χ2n) is 4.28. The van der Waals surface area contributed by atoms with Crippen LogP contribution in [0.5, 0.6) is 0 Å². The zero-order valence-corrected chi connectivity index (χ0v) is 11.5. The Hall–Kier alpha value is -2.01. The van der Waals surface area contributed by atoms with E-state index in [1.165, 1.54) is 0 Å². The van der Waals surface area contributed by atoms with Gasteiger partial charge in [0, 0.05) is 5.56 Å². The Morgan fingerprint density at radius 3 is 2.53 bits per heavy atom. The molecule has 0 spiro atoms. The summed E-state index contributed by atoms with van der Waals surface area (Å²) in [7, 11) is 0. The fourth-order valence-corrected chi connectivity index (χ4v) is 2.16. The van der Waals surface area contributed by atoms with Crippen LogP contribution in [-0.4, -0.2) is 14.9 Å². The molecule has 0 unspecified atom stereocenters. The molecular weight excluding hydrogens is 266 g/mol. The minimum atomic E-state index is -0.469. The molecule has 1 aromatic heterocycles. The van der Waals surface area contributed by atoms with Gasteiger partial charge in [-0.1, -0.05) is 18.2 Å². The van der Waals surface area contributed by atoms with E-state index in [-0.39, 0.29) is 22.4 Å². The number of hydrogen-bond acceptors (Lipinski definition) is 4. The Balaban J connectivity index is 2.81. The summed E-state index contributed by atoms with van der Waals surface area (Å²) < 4.78 is 0. The maximum atomic E-state index is 11.2. The van der Waals surface area contributed by atoms with Gasteiger partial charge in [0.2, 0.25) is 5.28 Å². The number of rotatable bonds is 2. The van der Waals surface area contributed by atoms with Gasteiger partial charge in [0.15, 0.2) is 5.69 Å². The Bertz CT molecular complexity index is 671. The number of nitro groups is 1. The van der Waals surface area contributed by atoms with Crippen molar-refractivity contribution < 1.29 is 4.92 Å². The quantitative estimate of drug-likeness (QED) is 0.477. The molecule has 19 heavy (non-hydrogen) atoms. The van der Waals surface area contributed by atoms with Gasteiger partial charge in [-0.05, 0) is 43.5 Å². The van der Waals surface area contributed by atoms with Gasteiger partial charge in [0.25, 0.3) is 0 Å². The molecule has 0 aliphatic carbocycles. The van der Waals surface area contributed by atoms with Gasteiger partial charge < -0.3 is 0 Å². The molecule has 1 aromatic carbocycles. The fraction of sp³-hybridized carbons (Fsp3) is 0.231. The Morgan fingerprint density at radius 1 is 1.21 bits per heavy atom. The van der Waals surface area contributed by atoms with Gasteiger partial charge >= 0.3 is 5.69 Å². The van der Waals surface area contributed by atoms with E-state index in [2.05, 4.69) is 9.97 Å². The van der Waals surface area contributed by atoms with Crippen molar-refractivity contribution in [1.29, 1.82) is 0 Å². The number of benzene rings is 1. The number of halogens is 1. The lowest BCUT2D eigenvalue weighted by Gasteiger charge is -2.09. The van der Waals surface area contributed by atoms with Crippen molar-refractivity contribution >= 4 is 17.3 Å². The van der Waals surface area contributed by atoms with Gasteiger partial charge in [0.1, 0.15) is 5.69 Å². The first-order valence-corrected chi connectivity index (χ1v) is 6.04. The van der Waals surface area contributed by atoms with Crippen molar-refractivity contribution in [2.45, 2.75) is 20.8 Å². The predicted octanol–water partition coefficient (Wildman–Crippen LogP) is 3.63. The lowest BCUT2D eigenvalue weighted by molar-refractivity contribution is -0.385. The predicted molar refractivity (Wildman–Crippen MR) is 73.3 cm³/mol. The molecule has 5 nitrogen and oxygen atoms in total. The van der Waals surface area contributed by atoms with Crippen molar-refractivity contribution in [2.24, 2.45) is 0 Å². The number of aromatic nitrogens is 2. The second-order valence-corrected chi connectivity index (χ2v) is 4.62. The van der Waals surface area contributed by atoms with Gasteiger partial charge in [-0.2, -0.15) is 0 Å². The van der Waals surface area contributed by atoms with Crippen molar-refractivity contribution in [2.75, 3.05) is 0 Å². The zero-order valence-electron chi connectivity index (χ0n) is 10.8. The zero-order chi connectivity index (χ0) is 14.2. The number of hydrogen-bond donors (Lipinski definition) is 0. The Kier molecular flexibility index (Phi) is 3.48. The van der Waals surface area contributed by atoms with E-state index in [0.29, 0.717) is 5.56 Å². The lowest BCUT2D eigenvalue weighted by atomic mass is 9.99. The normalized spacial score (nSPS) is 10.5. The summed E-state index contributed by atoms with van der Waals surface area (Å²) in [6.45, 7) is 5.40. The molecule has 2 aromatic rings. The molecule has 0 N–H and O–H groups in total. The van der Waals surface area contributed by atoms with Crippen LogP contribution in [0.4, 0.5) is 5.69 Å². The summed E-state index contributed by atoms with van der Waals surface area (Å²) in [5.74, 6) is 0. The van der Waals surface area contributed by atoms with Crippen LogP contribution in [0.2, 0.25) is 5.28 Å². The van der Waals surface area contributed by atoms with Gasteiger partial charge in [-0.3, -0.25) is 10.1 Å². The Labute approximate surface area is 115 Å². The first-order valence-electron chi connectivity index (χ1n) is 5.67. The first-order chi connectivity index (χ1) is 8.91. The van der Waals surface area contributed by atoms with Crippen LogP contribution in [-0.2, 0) is 0 Å². The third-order valence-electron chi connectivity index (χ3n) is 3.07. The molecule has 0 amide bonds. The van der Waals surface area contributed by atoms with Crippen molar-refractivity contribution in [3.63, 3.8) is 0 Å². The summed E-state index contributed by atoms with van der Waals surface area (Å²) in [6.07, 6.45) is 0. The maximum absolute atomic E-state index is 11.2. The van der Waals surface area contributed by atoms with Crippen molar-refractivity contribution in [1.82, 2.24) is 9.97 Å². The second kappa shape index (κ2) is 4.93. The topological polar surface area (TPSA) is 68.9 Å². The van der Waals surface area contributed by atoms with E-state index in [9.17, 15) is 10.1 Å². The molecular formula is C13H12ClN3O2. The van der Waals surface area contributed by atoms with Crippen LogP contribution < -0.4 is 0 Å². The molecule has 0 saturated carbocycles. The molecule has 2 rings (SSSR count). The summed E-state index contributed by atoms with van der Waals surface area (Å²) in [5, 5.41) is 11.2. The molecule has 1 heterocycles. The van der Waals surface area contributed by atoms with Crippen LogP contribution in [0.15, 0.2) is 18.2 Å². The van der Waals surface area contributed by atoms with Crippen LogP contribution in [0.25, 0.3) is 11.3 Å². The van der Waals surface area contributed by atoms with E-state index in [1.54, 1.807) is 13.0 Å². The SMILES string of the molecule is Cc1cccc(-c2nc(Cl)nc(C)c2[N+](=O)[O-])c1C. The average molecular weight is 278 g/mol. The highest BCUT2D eigenvalue weighted by molar-refractivity contribution is 6.28. The van der Waals surface area contributed by atoms with Gasteiger partial charge in [-0.15, -0.1) is 0 Å². The molecule has 98 valence electrons. The summed E-state index contributed by atoms with van der Waals surface area (Å²) in [5.41, 5.74) is 3.13. The highest BCUT2D eigenvalue weighted by Gasteiger charge is 2.24. The van der Waals surface area contributed by atoms with E-state index >= 15 is 0 Å². The standard InChI is InChI=1S/C13H12ClN3O2/c1-7-5-4-6-10(8(7)2)11-12(17(18)19)9(3)15-13(14)16-11/h4-6H,1-3H3. The third-order valence-corrected chi connectivity index (χ3v) is 3.24. The molecule has 0 bridgehead atoms. The number of aryl methyl sites for hydroxylation is 2. The van der Waals surface area contributed by atoms with E-state index in [4.69, 9.17) is 11.6 Å². The van der Waals surface area contributed by atoms with Crippen LogP contribution >= 0.6 is 11.6 Å². The minimum absolute atomic E-state index is 0.0130. The maximum Gasteiger partial charge on any atom is 0.316 e. The molecule has 0 saturated heterocycles. The summed E-state index contributed by atoms with van der Waals surface area (Å²) in [4.78, 5) is 18.6. The highest BCUT2D eigenvalue weighted by Crippen LogP contribution is 2.33. The molecule has 6 heteroatoms. The van der Waals surface area contributed by atoms with E-state index in [0.717, 1.165) is 11.1 Å². The molecule has 0 fully saturated rings. The summed E-state index contributed by atoms with van der Waals surface area (Å²) >= 11 is 5.82. The third kappa shape index (κ3) is 2.42. The fourth-order valence-electron chi connectivity index (χ4n) is 1.95.